The molecule has 4 nitrogen and oxygen atoms in total. The van der Waals surface area contributed by atoms with Gasteiger partial charge in [-0.1, -0.05) is 60.7 Å². The van der Waals surface area contributed by atoms with Crippen molar-refractivity contribution in [2.75, 3.05) is 0 Å². The lowest BCUT2D eigenvalue weighted by Crippen LogP contribution is -2.03. The molecule has 0 spiro atoms. The van der Waals surface area contributed by atoms with E-state index in [1.54, 1.807) is 24.3 Å². The number of aromatic nitrogens is 2. The molecule has 0 N–H and O–H groups in total. The molecule has 0 aliphatic heterocycles. The lowest BCUT2D eigenvalue weighted by atomic mass is 10.1. The van der Waals surface area contributed by atoms with Gasteiger partial charge in [0.2, 0.25) is 0 Å². The lowest BCUT2D eigenvalue weighted by molar-refractivity contribution is 0.622. The maximum Gasteiger partial charge on any atom is 0.143 e. The number of nitrogens with zero attached hydrogens (tertiary/aromatic N) is 4. The summed E-state index contributed by atoms with van der Waals surface area (Å²) in [4.78, 5) is 0. The molecule has 0 radical (unpaired) electrons. The molecule has 2 heterocycles. The van der Waals surface area contributed by atoms with E-state index < -0.39 is 11.6 Å². The minimum absolute atomic E-state index is 0.0710. The number of hydrogen-bond acceptors (Lipinski definition) is 2. The van der Waals surface area contributed by atoms with Crippen LogP contribution >= 0.6 is 0 Å². The van der Waals surface area contributed by atoms with Crippen molar-refractivity contribution >= 4 is 43.6 Å². The molecule has 0 aliphatic rings. The van der Waals surface area contributed by atoms with Crippen LogP contribution < -0.4 is 0 Å². The summed E-state index contributed by atoms with van der Waals surface area (Å²) in [6.07, 6.45) is 0. The second kappa shape index (κ2) is 8.03. The molecular formula is C32H16F2N4. The summed E-state index contributed by atoms with van der Waals surface area (Å²) < 4.78 is 33.6. The van der Waals surface area contributed by atoms with Crippen LogP contribution in [0.3, 0.4) is 0 Å². The SMILES string of the molecule is N#Cc1c(F)cccc1-n1c2ccccc2c2ccc3c4ccccc4n(-c4cccc(F)c4C#N)c3c21. The smallest absolute Gasteiger partial charge is 0.143 e. The van der Waals surface area contributed by atoms with Gasteiger partial charge >= 0.3 is 0 Å². The van der Waals surface area contributed by atoms with E-state index in [9.17, 15) is 19.3 Å². The third-order valence-corrected chi connectivity index (χ3v) is 7.16. The number of nitriles is 2. The highest BCUT2D eigenvalue weighted by molar-refractivity contribution is 6.23. The molecule has 0 aliphatic carbocycles. The Morgan fingerprint density at radius 2 is 0.895 bits per heavy atom. The summed E-state index contributed by atoms with van der Waals surface area (Å²) in [5, 5.41) is 23.5. The predicted molar refractivity (Wildman–Crippen MR) is 144 cm³/mol. The summed E-state index contributed by atoms with van der Waals surface area (Å²) in [5.41, 5.74) is 3.73. The monoisotopic (exact) mass is 494 g/mol. The minimum Gasteiger partial charge on any atom is -0.306 e. The molecule has 7 aromatic rings. The van der Waals surface area contributed by atoms with E-state index in [4.69, 9.17) is 0 Å². The Hall–Kier alpha value is -5.46. The maximum absolute atomic E-state index is 14.9. The van der Waals surface area contributed by atoms with Crippen molar-refractivity contribution in [3.05, 3.63) is 120 Å². The summed E-state index contributed by atoms with van der Waals surface area (Å²) in [5.74, 6) is -1.22. The second-order valence-corrected chi connectivity index (χ2v) is 9.05. The van der Waals surface area contributed by atoms with Gasteiger partial charge in [0.15, 0.2) is 0 Å². The molecule has 0 amide bonds. The molecule has 0 bridgehead atoms. The van der Waals surface area contributed by atoms with Crippen LogP contribution in [0.2, 0.25) is 0 Å². The van der Waals surface area contributed by atoms with Crippen LogP contribution in [0.4, 0.5) is 8.78 Å². The average molecular weight is 495 g/mol. The fourth-order valence-corrected chi connectivity index (χ4v) is 5.62. The van der Waals surface area contributed by atoms with Gasteiger partial charge in [-0.15, -0.1) is 0 Å². The van der Waals surface area contributed by atoms with E-state index in [2.05, 4.69) is 0 Å². The standard InChI is InChI=1S/C32H16F2N4/c33-25-9-5-13-29(23(25)17-35)37-27-11-3-1-7-19(27)21-15-16-22-20-8-2-4-12-28(20)38(32(22)31(21)37)30-14-6-10-26(34)24(30)18-36/h1-16H. The van der Waals surface area contributed by atoms with Gasteiger partial charge in [0.1, 0.15) is 34.9 Å². The van der Waals surface area contributed by atoms with Crippen molar-refractivity contribution in [2.45, 2.75) is 0 Å². The Morgan fingerprint density at radius 3 is 1.32 bits per heavy atom. The number of para-hydroxylation sites is 2. The summed E-state index contributed by atoms with van der Waals surface area (Å²) in [6.45, 7) is 0. The summed E-state index contributed by atoms with van der Waals surface area (Å²) >= 11 is 0. The van der Waals surface area contributed by atoms with Crippen LogP contribution in [0.5, 0.6) is 0 Å². The van der Waals surface area contributed by atoms with E-state index in [-0.39, 0.29) is 11.1 Å². The molecule has 6 heteroatoms. The number of rotatable bonds is 2. The molecule has 0 atom stereocenters. The zero-order valence-electron chi connectivity index (χ0n) is 19.8. The molecule has 38 heavy (non-hydrogen) atoms. The van der Waals surface area contributed by atoms with Crippen LogP contribution in [-0.4, -0.2) is 9.13 Å². The molecule has 178 valence electrons. The van der Waals surface area contributed by atoms with Gasteiger partial charge in [0.25, 0.3) is 0 Å². The van der Waals surface area contributed by atoms with E-state index in [0.717, 1.165) is 43.6 Å². The largest absolute Gasteiger partial charge is 0.306 e. The summed E-state index contributed by atoms with van der Waals surface area (Å²) in [6, 6.07) is 32.8. The van der Waals surface area contributed by atoms with Gasteiger partial charge in [-0.2, -0.15) is 10.5 Å². The number of hydrogen-bond donors (Lipinski definition) is 0. The van der Waals surface area contributed by atoms with E-state index >= 15 is 0 Å². The zero-order valence-corrected chi connectivity index (χ0v) is 19.8. The van der Waals surface area contributed by atoms with Crippen LogP contribution in [0, 0.1) is 34.3 Å². The first-order chi connectivity index (χ1) is 18.6. The molecule has 5 aromatic carbocycles. The maximum atomic E-state index is 14.9. The van der Waals surface area contributed by atoms with Crippen molar-refractivity contribution in [1.29, 1.82) is 10.5 Å². The normalized spacial score (nSPS) is 11.4. The van der Waals surface area contributed by atoms with Crippen LogP contribution in [0.1, 0.15) is 11.1 Å². The molecular weight excluding hydrogens is 478 g/mol. The minimum atomic E-state index is -0.611. The molecule has 7 rings (SSSR count). The number of fused-ring (bicyclic) bond motifs is 7. The van der Waals surface area contributed by atoms with E-state index in [1.165, 1.54) is 12.1 Å². The Morgan fingerprint density at radius 1 is 0.474 bits per heavy atom. The Kier molecular flexibility index (Phi) is 4.60. The fraction of sp³-hybridized carbons (Fsp3) is 0. The zero-order chi connectivity index (χ0) is 26.0. The number of benzene rings is 5. The fourth-order valence-electron chi connectivity index (χ4n) is 5.62. The van der Waals surface area contributed by atoms with Gasteiger partial charge in [-0.3, -0.25) is 0 Å². The quantitative estimate of drug-likeness (QED) is 0.245. The van der Waals surface area contributed by atoms with Crippen molar-refractivity contribution in [1.82, 2.24) is 9.13 Å². The van der Waals surface area contributed by atoms with Crippen LogP contribution in [-0.2, 0) is 0 Å². The van der Waals surface area contributed by atoms with E-state index in [0.29, 0.717) is 11.4 Å². The molecule has 0 fully saturated rings. The Bertz CT molecular complexity index is 2030. The molecule has 0 saturated carbocycles. The number of halogens is 2. The van der Waals surface area contributed by atoms with Gasteiger partial charge in [0, 0.05) is 21.5 Å². The van der Waals surface area contributed by atoms with Crippen LogP contribution in [0.25, 0.3) is 55.0 Å². The van der Waals surface area contributed by atoms with Gasteiger partial charge in [-0.05, 0) is 36.4 Å². The van der Waals surface area contributed by atoms with E-state index in [1.807, 2.05) is 81.9 Å². The van der Waals surface area contributed by atoms with Gasteiger partial charge in [-0.25, -0.2) is 8.78 Å². The van der Waals surface area contributed by atoms with Crippen molar-refractivity contribution in [3.63, 3.8) is 0 Å². The van der Waals surface area contributed by atoms with Gasteiger partial charge in [0.05, 0.1) is 33.4 Å². The third-order valence-electron chi connectivity index (χ3n) is 7.16. The Balaban J connectivity index is 1.82. The Labute approximate surface area is 215 Å². The first-order valence-corrected chi connectivity index (χ1v) is 12.0. The molecule has 0 unspecified atom stereocenters. The third kappa shape index (κ3) is 2.80. The highest BCUT2D eigenvalue weighted by Crippen LogP contribution is 2.42. The van der Waals surface area contributed by atoms with Crippen LogP contribution in [0.15, 0.2) is 97.1 Å². The molecule has 0 saturated heterocycles. The highest BCUT2D eigenvalue weighted by Gasteiger charge is 2.24. The highest BCUT2D eigenvalue weighted by atomic mass is 19.1. The average Bonchev–Trinajstić information content (AvgIpc) is 3.46. The lowest BCUT2D eigenvalue weighted by Gasteiger charge is -2.14. The second-order valence-electron chi connectivity index (χ2n) is 9.05. The van der Waals surface area contributed by atoms with Crippen molar-refractivity contribution in [2.24, 2.45) is 0 Å². The van der Waals surface area contributed by atoms with Crippen molar-refractivity contribution < 1.29 is 8.78 Å². The first-order valence-electron chi connectivity index (χ1n) is 12.0. The summed E-state index contributed by atoms with van der Waals surface area (Å²) in [7, 11) is 0. The van der Waals surface area contributed by atoms with Crippen molar-refractivity contribution in [3.8, 4) is 23.5 Å². The first kappa shape index (κ1) is 21.8. The predicted octanol–water partition coefficient (Wildman–Crippen LogP) is 7.90. The topological polar surface area (TPSA) is 57.4 Å². The molecule has 2 aromatic heterocycles. The van der Waals surface area contributed by atoms with Gasteiger partial charge < -0.3 is 9.13 Å².